The van der Waals surface area contributed by atoms with Gasteiger partial charge in [0.05, 0.1) is 6.61 Å². The molecular formula is C15H23ClN2O. The van der Waals surface area contributed by atoms with Crippen LogP contribution in [0.25, 0.3) is 0 Å². The average molecular weight is 283 g/mol. The first kappa shape index (κ1) is 14.6. The van der Waals surface area contributed by atoms with E-state index in [2.05, 4.69) is 23.6 Å². The summed E-state index contributed by atoms with van der Waals surface area (Å²) in [6, 6.07) is 6.37. The van der Waals surface area contributed by atoms with Gasteiger partial charge in [0, 0.05) is 48.5 Å². The van der Waals surface area contributed by atoms with E-state index in [9.17, 15) is 5.11 Å². The van der Waals surface area contributed by atoms with Crippen LogP contribution < -0.4 is 4.90 Å². The fourth-order valence-corrected chi connectivity index (χ4v) is 2.79. The molecule has 19 heavy (non-hydrogen) atoms. The van der Waals surface area contributed by atoms with Crippen molar-refractivity contribution in [1.29, 1.82) is 0 Å². The van der Waals surface area contributed by atoms with Crippen molar-refractivity contribution in [3.05, 3.63) is 28.8 Å². The Bertz CT molecular complexity index is 417. The van der Waals surface area contributed by atoms with Gasteiger partial charge in [-0.15, -0.1) is 0 Å². The van der Waals surface area contributed by atoms with Crippen LogP contribution in [0.3, 0.4) is 0 Å². The number of hydrogen-bond donors (Lipinski definition) is 1. The molecule has 0 aromatic heterocycles. The summed E-state index contributed by atoms with van der Waals surface area (Å²) in [5.41, 5.74) is 2.04. The lowest BCUT2D eigenvalue weighted by Crippen LogP contribution is -2.49. The first-order valence-corrected chi connectivity index (χ1v) is 7.41. The molecule has 0 aliphatic carbocycles. The van der Waals surface area contributed by atoms with E-state index in [1.807, 2.05) is 18.2 Å². The van der Waals surface area contributed by atoms with Gasteiger partial charge < -0.3 is 10.0 Å². The van der Waals surface area contributed by atoms with Crippen LogP contribution in [0.15, 0.2) is 18.2 Å². The van der Waals surface area contributed by atoms with Crippen molar-refractivity contribution in [2.75, 3.05) is 31.1 Å². The van der Waals surface area contributed by atoms with Crippen LogP contribution in [0.5, 0.6) is 0 Å². The lowest BCUT2D eigenvalue weighted by atomic mass is 10.1. The number of rotatable bonds is 4. The molecule has 0 saturated carbocycles. The molecule has 106 valence electrons. The lowest BCUT2D eigenvalue weighted by molar-refractivity contribution is 0.192. The van der Waals surface area contributed by atoms with Crippen molar-refractivity contribution in [3.63, 3.8) is 0 Å². The maximum atomic E-state index is 9.44. The van der Waals surface area contributed by atoms with Crippen LogP contribution in [-0.4, -0.2) is 42.2 Å². The largest absolute Gasteiger partial charge is 0.392 e. The topological polar surface area (TPSA) is 26.7 Å². The summed E-state index contributed by atoms with van der Waals surface area (Å²) in [6.07, 6.45) is 1.19. The number of hydrogen-bond acceptors (Lipinski definition) is 3. The van der Waals surface area contributed by atoms with Gasteiger partial charge in [-0.1, -0.05) is 24.6 Å². The maximum absolute atomic E-state index is 9.44. The van der Waals surface area contributed by atoms with E-state index in [0.29, 0.717) is 6.04 Å². The summed E-state index contributed by atoms with van der Waals surface area (Å²) in [4.78, 5) is 4.86. The summed E-state index contributed by atoms with van der Waals surface area (Å²) >= 11 is 6.08. The first-order chi connectivity index (χ1) is 9.15. The molecule has 1 heterocycles. The van der Waals surface area contributed by atoms with Gasteiger partial charge in [0.15, 0.2) is 0 Å². The normalized spacial score (nSPS) is 18.6. The minimum Gasteiger partial charge on any atom is -0.392 e. The number of piperazine rings is 1. The van der Waals surface area contributed by atoms with E-state index in [1.165, 1.54) is 6.42 Å². The van der Waals surface area contributed by atoms with Gasteiger partial charge in [0.25, 0.3) is 0 Å². The highest BCUT2D eigenvalue weighted by molar-refractivity contribution is 6.30. The molecule has 1 aliphatic heterocycles. The van der Waals surface area contributed by atoms with Crippen LogP contribution >= 0.6 is 11.6 Å². The quantitative estimate of drug-likeness (QED) is 0.920. The summed E-state index contributed by atoms with van der Waals surface area (Å²) < 4.78 is 0. The van der Waals surface area contributed by atoms with E-state index in [0.717, 1.165) is 42.5 Å². The molecule has 0 amide bonds. The van der Waals surface area contributed by atoms with Crippen molar-refractivity contribution < 1.29 is 5.11 Å². The molecule has 1 aliphatic rings. The molecule has 0 bridgehead atoms. The molecule has 1 N–H and O–H groups in total. The van der Waals surface area contributed by atoms with Gasteiger partial charge in [-0.3, -0.25) is 4.90 Å². The molecule has 1 aromatic rings. The number of aliphatic hydroxyl groups excluding tert-OH is 1. The zero-order chi connectivity index (χ0) is 13.8. The van der Waals surface area contributed by atoms with Crippen molar-refractivity contribution in [2.45, 2.75) is 32.9 Å². The van der Waals surface area contributed by atoms with Crippen LogP contribution in [0.1, 0.15) is 25.8 Å². The van der Waals surface area contributed by atoms with E-state index in [1.54, 1.807) is 0 Å². The second kappa shape index (κ2) is 6.60. The highest BCUT2D eigenvalue weighted by Gasteiger charge is 2.21. The smallest absolute Gasteiger partial charge is 0.0702 e. The molecule has 0 radical (unpaired) electrons. The molecule has 4 heteroatoms. The Morgan fingerprint density at radius 2 is 1.95 bits per heavy atom. The number of aliphatic hydroxyl groups is 1. The monoisotopic (exact) mass is 282 g/mol. The zero-order valence-electron chi connectivity index (χ0n) is 11.8. The fourth-order valence-electron chi connectivity index (χ4n) is 2.63. The van der Waals surface area contributed by atoms with Gasteiger partial charge >= 0.3 is 0 Å². The molecule has 1 saturated heterocycles. The highest BCUT2D eigenvalue weighted by Crippen LogP contribution is 2.26. The molecule has 1 atom stereocenters. The van der Waals surface area contributed by atoms with Gasteiger partial charge in [0.1, 0.15) is 0 Å². The maximum Gasteiger partial charge on any atom is 0.0702 e. The third kappa shape index (κ3) is 3.41. The molecule has 2 rings (SSSR count). The van der Waals surface area contributed by atoms with Gasteiger partial charge in [0.2, 0.25) is 0 Å². The van der Waals surface area contributed by atoms with Gasteiger partial charge in [-0.05, 0) is 25.5 Å². The molecule has 1 unspecified atom stereocenters. The number of halogens is 1. The van der Waals surface area contributed by atoms with Crippen LogP contribution in [0, 0.1) is 0 Å². The molecule has 1 fully saturated rings. The Kier molecular flexibility index (Phi) is 5.08. The standard InChI is InChI=1S/C15H23ClN2O/c1-3-12(2)17-6-8-18(9-7-17)15-10-14(16)5-4-13(15)11-19/h4-5,10,12,19H,3,6-9,11H2,1-2H3. The molecule has 0 spiro atoms. The minimum atomic E-state index is 0.0675. The summed E-state index contributed by atoms with van der Waals surface area (Å²) in [7, 11) is 0. The summed E-state index contributed by atoms with van der Waals surface area (Å²) in [5, 5.41) is 10.2. The van der Waals surface area contributed by atoms with E-state index < -0.39 is 0 Å². The van der Waals surface area contributed by atoms with Crippen LogP contribution in [0.2, 0.25) is 5.02 Å². The van der Waals surface area contributed by atoms with Crippen molar-refractivity contribution in [1.82, 2.24) is 4.90 Å². The Morgan fingerprint density at radius 1 is 1.26 bits per heavy atom. The minimum absolute atomic E-state index is 0.0675. The highest BCUT2D eigenvalue weighted by atomic mass is 35.5. The average Bonchev–Trinajstić information content (AvgIpc) is 2.46. The van der Waals surface area contributed by atoms with Gasteiger partial charge in [-0.25, -0.2) is 0 Å². The third-order valence-corrected chi connectivity index (χ3v) is 4.32. The first-order valence-electron chi connectivity index (χ1n) is 7.04. The number of anilines is 1. The Morgan fingerprint density at radius 3 is 2.53 bits per heavy atom. The van der Waals surface area contributed by atoms with Crippen LogP contribution in [-0.2, 0) is 6.61 Å². The van der Waals surface area contributed by atoms with Crippen LogP contribution in [0.4, 0.5) is 5.69 Å². The SMILES string of the molecule is CCC(C)N1CCN(c2cc(Cl)ccc2CO)CC1. The second-order valence-corrected chi connectivity index (χ2v) is 5.65. The Labute approximate surface area is 120 Å². The molecule has 1 aromatic carbocycles. The van der Waals surface area contributed by atoms with Crippen molar-refractivity contribution in [3.8, 4) is 0 Å². The Hall–Kier alpha value is -0.770. The third-order valence-electron chi connectivity index (χ3n) is 4.09. The predicted octanol–water partition coefficient (Wildman–Crippen LogP) is 2.75. The number of nitrogens with zero attached hydrogens (tertiary/aromatic N) is 2. The fraction of sp³-hybridized carbons (Fsp3) is 0.600. The van der Waals surface area contributed by atoms with E-state index in [-0.39, 0.29) is 6.61 Å². The summed E-state index contributed by atoms with van der Waals surface area (Å²) in [6.45, 7) is 8.73. The second-order valence-electron chi connectivity index (χ2n) is 5.21. The van der Waals surface area contributed by atoms with E-state index in [4.69, 9.17) is 11.6 Å². The Balaban J connectivity index is 2.07. The molecule has 3 nitrogen and oxygen atoms in total. The summed E-state index contributed by atoms with van der Waals surface area (Å²) in [5.74, 6) is 0. The zero-order valence-corrected chi connectivity index (χ0v) is 12.5. The van der Waals surface area contributed by atoms with Crippen molar-refractivity contribution in [2.24, 2.45) is 0 Å². The predicted molar refractivity (Wildman–Crippen MR) is 80.9 cm³/mol. The number of benzene rings is 1. The lowest BCUT2D eigenvalue weighted by Gasteiger charge is -2.39. The molecular weight excluding hydrogens is 260 g/mol. The van der Waals surface area contributed by atoms with Gasteiger partial charge in [-0.2, -0.15) is 0 Å². The van der Waals surface area contributed by atoms with Crippen molar-refractivity contribution >= 4 is 17.3 Å². The van der Waals surface area contributed by atoms with E-state index >= 15 is 0 Å².